The number of nitrogens with zero attached hydrogens (tertiary/aromatic N) is 1. The van der Waals surface area contributed by atoms with Crippen LogP contribution in [0.5, 0.6) is 0 Å². The molecule has 0 spiro atoms. The summed E-state index contributed by atoms with van der Waals surface area (Å²) in [6.45, 7) is 0.845. The Kier molecular flexibility index (Phi) is 5.41. The molecule has 2 nitrogen and oxygen atoms in total. The third-order valence-corrected chi connectivity index (χ3v) is 4.18. The van der Waals surface area contributed by atoms with Gasteiger partial charge in [0, 0.05) is 17.5 Å². The maximum Gasteiger partial charge on any atom is 0.0931 e. The number of hydrogen-bond donors (Lipinski definition) is 1. The van der Waals surface area contributed by atoms with Gasteiger partial charge in [-0.25, -0.2) is 0 Å². The molecule has 2 aromatic rings. The van der Waals surface area contributed by atoms with Crippen LogP contribution in [0.25, 0.3) is 0 Å². The van der Waals surface area contributed by atoms with Crippen molar-refractivity contribution in [3.8, 4) is 6.07 Å². The van der Waals surface area contributed by atoms with E-state index in [1.165, 1.54) is 4.88 Å². The smallest absolute Gasteiger partial charge is 0.0931 e. The second-order valence-electron chi connectivity index (χ2n) is 4.24. The fraction of sp³-hybridized carbons (Fsp3) is 0.267. The van der Waals surface area contributed by atoms with Gasteiger partial charge in [-0.3, -0.25) is 0 Å². The minimum absolute atomic E-state index is 0.0987. The number of halogens is 1. The fourth-order valence-corrected chi connectivity index (χ4v) is 3.03. The summed E-state index contributed by atoms with van der Waals surface area (Å²) < 4.78 is 0.826. The van der Waals surface area contributed by atoms with Gasteiger partial charge in [-0.2, -0.15) is 5.26 Å². The Hall–Kier alpha value is -1.34. The van der Waals surface area contributed by atoms with Crippen LogP contribution >= 0.6 is 22.9 Å². The third-order valence-electron chi connectivity index (χ3n) is 2.89. The molecule has 0 saturated heterocycles. The fourth-order valence-electron chi connectivity index (χ4n) is 1.94. The van der Waals surface area contributed by atoms with E-state index in [9.17, 15) is 0 Å². The Morgan fingerprint density at radius 3 is 2.63 bits per heavy atom. The van der Waals surface area contributed by atoms with E-state index >= 15 is 0 Å². The average Bonchev–Trinajstić information content (AvgIpc) is 2.84. The summed E-state index contributed by atoms with van der Waals surface area (Å²) in [4.78, 5) is 1.27. The molecule has 0 radical (unpaired) electrons. The van der Waals surface area contributed by atoms with Crippen LogP contribution in [0.15, 0.2) is 42.5 Å². The molecule has 98 valence electrons. The second-order valence-corrected chi connectivity index (χ2v) is 6.04. The van der Waals surface area contributed by atoms with E-state index < -0.39 is 0 Å². The van der Waals surface area contributed by atoms with Crippen LogP contribution in [0.4, 0.5) is 0 Å². The molecule has 1 N–H and O–H groups in total. The minimum atomic E-state index is 0.0987. The predicted molar refractivity (Wildman–Crippen MR) is 80.4 cm³/mol. The van der Waals surface area contributed by atoms with Gasteiger partial charge in [0.15, 0.2) is 0 Å². The summed E-state index contributed by atoms with van der Waals surface area (Å²) >= 11 is 7.51. The Labute approximate surface area is 122 Å². The van der Waals surface area contributed by atoms with Gasteiger partial charge < -0.3 is 5.32 Å². The lowest BCUT2D eigenvalue weighted by molar-refractivity contribution is 0.547. The molecule has 1 atom stereocenters. The normalized spacial score (nSPS) is 12.0. The van der Waals surface area contributed by atoms with Crippen LogP contribution < -0.4 is 5.32 Å². The molecule has 0 aliphatic heterocycles. The summed E-state index contributed by atoms with van der Waals surface area (Å²) in [5, 5.41) is 12.3. The van der Waals surface area contributed by atoms with E-state index in [0.717, 1.165) is 22.9 Å². The molecule has 19 heavy (non-hydrogen) atoms. The first-order chi connectivity index (χ1) is 9.29. The van der Waals surface area contributed by atoms with Gasteiger partial charge in [-0.1, -0.05) is 41.9 Å². The summed E-state index contributed by atoms with van der Waals surface area (Å²) in [6.07, 6.45) is 1.42. The molecule has 1 unspecified atom stereocenters. The molecule has 0 bridgehead atoms. The van der Waals surface area contributed by atoms with Crippen molar-refractivity contribution < 1.29 is 0 Å². The highest BCUT2D eigenvalue weighted by Crippen LogP contribution is 2.22. The molecular formula is C15H15ClN2S. The highest BCUT2D eigenvalue weighted by atomic mass is 35.5. The molecule has 1 heterocycles. The summed E-state index contributed by atoms with van der Waals surface area (Å²) in [5.41, 5.74) is 1.16. The zero-order valence-corrected chi connectivity index (χ0v) is 12.0. The van der Waals surface area contributed by atoms with Gasteiger partial charge in [-0.15, -0.1) is 11.3 Å². The van der Waals surface area contributed by atoms with Crippen LogP contribution in [-0.4, -0.2) is 6.54 Å². The molecule has 0 saturated carbocycles. The molecule has 0 aliphatic carbocycles. The monoisotopic (exact) mass is 290 g/mol. The van der Waals surface area contributed by atoms with Crippen molar-refractivity contribution in [2.24, 2.45) is 0 Å². The van der Waals surface area contributed by atoms with Gasteiger partial charge in [0.1, 0.15) is 0 Å². The maximum atomic E-state index is 8.91. The van der Waals surface area contributed by atoms with E-state index in [-0.39, 0.29) is 6.04 Å². The van der Waals surface area contributed by atoms with Gasteiger partial charge in [0.05, 0.1) is 16.8 Å². The number of nitrogens with one attached hydrogen (secondary N) is 1. The van der Waals surface area contributed by atoms with Crippen LogP contribution in [0.2, 0.25) is 4.34 Å². The molecule has 0 aliphatic rings. The molecular weight excluding hydrogens is 276 g/mol. The zero-order valence-electron chi connectivity index (χ0n) is 10.5. The topological polar surface area (TPSA) is 35.8 Å². The lowest BCUT2D eigenvalue weighted by Crippen LogP contribution is -2.23. The van der Waals surface area contributed by atoms with E-state index in [0.29, 0.717) is 6.42 Å². The third kappa shape index (κ3) is 4.36. The first-order valence-electron chi connectivity index (χ1n) is 6.19. The highest BCUT2D eigenvalue weighted by Gasteiger charge is 2.09. The summed E-state index contributed by atoms with van der Waals surface area (Å²) in [6, 6.07) is 16.4. The number of benzene rings is 1. The van der Waals surface area contributed by atoms with Crippen molar-refractivity contribution in [3.05, 3.63) is 57.2 Å². The van der Waals surface area contributed by atoms with E-state index in [1.807, 2.05) is 24.3 Å². The Bertz CT molecular complexity index is 545. The van der Waals surface area contributed by atoms with Gasteiger partial charge in [0.2, 0.25) is 0 Å². The van der Waals surface area contributed by atoms with Crippen molar-refractivity contribution in [2.45, 2.75) is 18.9 Å². The molecule has 0 fully saturated rings. The summed E-state index contributed by atoms with van der Waals surface area (Å²) in [5.74, 6) is 0. The molecule has 2 rings (SSSR count). The van der Waals surface area contributed by atoms with Crippen LogP contribution in [0.1, 0.15) is 22.9 Å². The lowest BCUT2D eigenvalue weighted by Gasteiger charge is -2.15. The first kappa shape index (κ1) is 14.1. The van der Waals surface area contributed by atoms with Gasteiger partial charge >= 0.3 is 0 Å². The van der Waals surface area contributed by atoms with Crippen molar-refractivity contribution in [1.82, 2.24) is 5.32 Å². The maximum absolute atomic E-state index is 8.91. The van der Waals surface area contributed by atoms with E-state index in [4.69, 9.17) is 16.9 Å². The average molecular weight is 291 g/mol. The van der Waals surface area contributed by atoms with Crippen LogP contribution in [0.3, 0.4) is 0 Å². The zero-order chi connectivity index (χ0) is 13.5. The number of thiophene rings is 1. The lowest BCUT2D eigenvalue weighted by atomic mass is 10.0. The molecule has 1 aromatic carbocycles. The summed E-state index contributed by atoms with van der Waals surface area (Å²) in [7, 11) is 0. The number of hydrogen-bond acceptors (Lipinski definition) is 3. The Balaban J connectivity index is 1.89. The highest BCUT2D eigenvalue weighted by molar-refractivity contribution is 7.16. The van der Waals surface area contributed by atoms with E-state index in [2.05, 4.69) is 29.6 Å². The Morgan fingerprint density at radius 2 is 2.00 bits per heavy atom. The standard InChI is InChI=1S/C15H15ClN2S/c16-15-7-6-13(19-15)9-11-18-14(8-10-17)12-4-2-1-3-5-12/h1-7,14,18H,8-9,11H2. The first-order valence-corrected chi connectivity index (χ1v) is 7.38. The number of rotatable bonds is 6. The minimum Gasteiger partial charge on any atom is -0.309 e. The van der Waals surface area contributed by atoms with Crippen molar-refractivity contribution in [2.75, 3.05) is 6.54 Å². The van der Waals surface area contributed by atoms with Crippen molar-refractivity contribution in [3.63, 3.8) is 0 Å². The molecule has 4 heteroatoms. The second kappa shape index (κ2) is 7.30. The Morgan fingerprint density at radius 1 is 1.21 bits per heavy atom. The van der Waals surface area contributed by atoms with Crippen LogP contribution in [0, 0.1) is 11.3 Å². The van der Waals surface area contributed by atoms with Gasteiger partial charge in [-0.05, 0) is 24.1 Å². The largest absolute Gasteiger partial charge is 0.309 e. The quantitative estimate of drug-likeness (QED) is 0.866. The van der Waals surface area contributed by atoms with Crippen molar-refractivity contribution >= 4 is 22.9 Å². The predicted octanol–water partition coefficient (Wildman–Crippen LogP) is 4.19. The number of nitriles is 1. The van der Waals surface area contributed by atoms with Crippen LogP contribution in [-0.2, 0) is 6.42 Å². The van der Waals surface area contributed by atoms with Crippen molar-refractivity contribution in [1.29, 1.82) is 5.26 Å². The van der Waals surface area contributed by atoms with E-state index in [1.54, 1.807) is 11.3 Å². The van der Waals surface area contributed by atoms with Gasteiger partial charge in [0.25, 0.3) is 0 Å². The SMILES string of the molecule is N#CCC(NCCc1ccc(Cl)s1)c1ccccc1. The molecule has 0 amide bonds. The molecule has 1 aromatic heterocycles.